The van der Waals surface area contributed by atoms with E-state index >= 15 is 0 Å². The van der Waals surface area contributed by atoms with Gasteiger partial charge in [0.25, 0.3) is 0 Å². The summed E-state index contributed by atoms with van der Waals surface area (Å²) in [5.41, 5.74) is 2.65. The summed E-state index contributed by atoms with van der Waals surface area (Å²) in [7, 11) is 0. The molecule has 0 unspecified atom stereocenters. The largest absolute Gasteiger partial charge is 0.396 e. The third kappa shape index (κ3) is 6.15. The molecule has 0 aliphatic carbocycles. The van der Waals surface area contributed by atoms with E-state index in [9.17, 15) is 5.11 Å². The van der Waals surface area contributed by atoms with Crippen LogP contribution in [-0.4, -0.2) is 22.7 Å². The molecule has 0 aliphatic rings. The van der Waals surface area contributed by atoms with E-state index in [4.69, 9.17) is 0 Å². The van der Waals surface area contributed by atoms with Gasteiger partial charge in [-0.1, -0.05) is 80.1 Å². The molecule has 0 spiro atoms. The van der Waals surface area contributed by atoms with E-state index in [0.717, 1.165) is 32.4 Å². The van der Waals surface area contributed by atoms with Crippen LogP contribution < -0.4 is 0 Å². The lowest BCUT2D eigenvalue weighted by Gasteiger charge is -2.36. The fraction of sp³-hybridized carbons (Fsp3) is 0.391. The smallest absolute Gasteiger partial charge is 0.0437 e. The summed E-state index contributed by atoms with van der Waals surface area (Å²) in [4.78, 5) is 2.55. The maximum atomic E-state index is 9.48. The molecule has 0 heterocycles. The minimum atomic E-state index is 0.210. The van der Waals surface area contributed by atoms with Crippen LogP contribution in [0.1, 0.15) is 37.3 Å². The molecular weight excluding hydrogens is 306 g/mol. The zero-order chi connectivity index (χ0) is 17.9. The fourth-order valence-electron chi connectivity index (χ4n) is 3.51. The Balaban J connectivity index is 2.26. The quantitative estimate of drug-likeness (QED) is 0.581. The second-order valence-corrected chi connectivity index (χ2v) is 6.64. The summed E-state index contributed by atoms with van der Waals surface area (Å²) in [6.45, 7) is 8.31. The van der Waals surface area contributed by atoms with Gasteiger partial charge in [0, 0.05) is 25.7 Å². The maximum Gasteiger partial charge on any atom is 0.0437 e. The van der Waals surface area contributed by atoms with Gasteiger partial charge in [0.05, 0.1) is 0 Å². The van der Waals surface area contributed by atoms with E-state index in [1.165, 1.54) is 11.1 Å². The Morgan fingerprint density at radius 3 is 1.84 bits per heavy atom. The molecule has 0 saturated carbocycles. The minimum Gasteiger partial charge on any atom is -0.396 e. The van der Waals surface area contributed by atoms with E-state index in [1.807, 2.05) is 6.08 Å². The number of benzene rings is 2. The van der Waals surface area contributed by atoms with Gasteiger partial charge in [0.15, 0.2) is 0 Å². The fourth-order valence-corrected chi connectivity index (χ4v) is 3.51. The summed E-state index contributed by atoms with van der Waals surface area (Å²) in [5, 5.41) is 9.48. The molecule has 0 aromatic heterocycles. The van der Waals surface area contributed by atoms with Crippen LogP contribution in [0.15, 0.2) is 73.3 Å². The van der Waals surface area contributed by atoms with Gasteiger partial charge in [-0.3, -0.25) is 4.90 Å². The first-order valence-electron chi connectivity index (χ1n) is 9.33. The van der Waals surface area contributed by atoms with Crippen molar-refractivity contribution < 1.29 is 5.11 Å². The van der Waals surface area contributed by atoms with Crippen LogP contribution in [0.2, 0.25) is 0 Å². The van der Waals surface area contributed by atoms with Crippen LogP contribution in [0.4, 0.5) is 0 Å². The molecule has 2 nitrogen and oxygen atoms in total. The Bertz CT molecular complexity index is 555. The average Bonchev–Trinajstić information content (AvgIpc) is 2.66. The Labute approximate surface area is 152 Å². The van der Waals surface area contributed by atoms with Crippen molar-refractivity contribution in [2.45, 2.75) is 45.3 Å². The van der Waals surface area contributed by atoms with Gasteiger partial charge in [0.1, 0.15) is 0 Å². The van der Waals surface area contributed by atoms with Crippen molar-refractivity contribution in [3.05, 3.63) is 84.4 Å². The van der Waals surface area contributed by atoms with Gasteiger partial charge in [-0.25, -0.2) is 0 Å². The molecule has 2 rings (SSSR count). The molecule has 2 heteroatoms. The molecule has 0 saturated heterocycles. The van der Waals surface area contributed by atoms with Gasteiger partial charge in [-0.2, -0.15) is 0 Å². The second kappa shape index (κ2) is 10.9. The highest BCUT2D eigenvalue weighted by atomic mass is 16.3. The Morgan fingerprint density at radius 2 is 1.44 bits per heavy atom. The topological polar surface area (TPSA) is 23.5 Å². The molecule has 0 fully saturated rings. The first-order valence-corrected chi connectivity index (χ1v) is 9.33. The molecule has 2 aromatic rings. The van der Waals surface area contributed by atoms with Gasteiger partial charge >= 0.3 is 0 Å². The van der Waals surface area contributed by atoms with Crippen molar-refractivity contribution in [3.63, 3.8) is 0 Å². The highest BCUT2D eigenvalue weighted by Gasteiger charge is 2.25. The zero-order valence-electron chi connectivity index (χ0n) is 15.3. The normalized spacial score (nSPS) is 13.6. The third-order valence-corrected chi connectivity index (χ3v) is 4.77. The summed E-state index contributed by atoms with van der Waals surface area (Å²) >= 11 is 0. The standard InChI is InChI=1S/C23H31NO/c1-3-11-23(22(4-2)16-17-25)24(18-20-12-7-5-8-13-20)19-21-14-9-6-10-15-21/h4-10,12-15,22-23,25H,2-3,11,16-19H2,1H3/t22-,23-/m0/s1. The van der Waals surface area contributed by atoms with E-state index in [0.29, 0.717) is 12.0 Å². The van der Waals surface area contributed by atoms with E-state index in [-0.39, 0.29) is 6.61 Å². The van der Waals surface area contributed by atoms with Crippen molar-refractivity contribution in [2.24, 2.45) is 5.92 Å². The number of hydrogen-bond donors (Lipinski definition) is 1. The van der Waals surface area contributed by atoms with E-state index in [2.05, 4.69) is 79.1 Å². The predicted octanol–water partition coefficient (Wildman–Crippen LogP) is 5.04. The predicted molar refractivity (Wildman–Crippen MR) is 106 cm³/mol. The summed E-state index contributed by atoms with van der Waals surface area (Å²) in [6.07, 6.45) is 5.03. The van der Waals surface area contributed by atoms with Crippen LogP contribution >= 0.6 is 0 Å². The van der Waals surface area contributed by atoms with Gasteiger partial charge in [0.2, 0.25) is 0 Å². The van der Waals surface area contributed by atoms with Gasteiger partial charge in [-0.15, -0.1) is 6.58 Å². The first-order chi connectivity index (χ1) is 12.3. The van der Waals surface area contributed by atoms with Crippen molar-refractivity contribution in [1.82, 2.24) is 4.90 Å². The highest BCUT2D eigenvalue weighted by Crippen LogP contribution is 2.25. The Morgan fingerprint density at radius 1 is 0.920 bits per heavy atom. The maximum absolute atomic E-state index is 9.48. The molecule has 0 amide bonds. The van der Waals surface area contributed by atoms with Gasteiger partial charge < -0.3 is 5.11 Å². The van der Waals surface area contributed by atoms with Crippen LogP contribution in [-0.2, 0) is 13.1 Å². The Kier molecular flexibility index (Phi) is 8.44. The summed E-state index contributed by atoms with van der Waals surface area (Å²) < 4.78 is 0. The average molecular weight is 338 g/mol. The summed E-state index contributed by atoms with van der Waals surface area (Å²) in [6, 6.07) is 21.7. The molecule has 134 valence electrons. The monoisotopic (exact) mass is 337 g/mol. The SMILES string of the molecule is C=C[C@@H](CCO)[C@H](CCC)N(Cc1ccccc1)Cc1ccccc1. The number of aliphatic hydroxyl groups excluding tert-OH is 1. The molecule has 2 atom stereocenters. The van der Waals surface area contributed by atoms with Crippen LogP contribution in [0.3, 0.4) is 0 Å². The number of rotatable bonds is 11. The number of hydrogen-bond acceptors (Lipinski definition) is 2. The van der Waals surface area contributed by atoms with Crippen molar-refractivity contribution in [3.8, 4) is 0 Å². The zero-order valence-corrected chi connectivity index (χ0v) is 15.3. The molecule has 0 bridgehead atoms. The van der Waals surface area contributed by atoms with Crippen molar-refractivity contribution >= 4 is 0 Å². The summed E-state index contributed by atoms with van der Waals surface area (Å²) in [5.74, 6) is 0.303. The second-order valence-electron chi connectivity index (χ2n) is 6.64. The van der Waals surface area contributed by atoms with Crippen LogP contribution in [0, 0.1) is 5.92 Å². The molecule has 0 radical (unpaired) electrons. The first kappa shape index (κ1) is 19.4. The lowest BCUT2D eigenvalue weighted by molar-refractivity contribution is 0.117. The van der Waals surface area contributed by atoms with E-state index < -0.39 is 0 Å². The van der Waals surface area contributed by atoms with Crippen molar-refractivity contribution in [2.75, 3.05) is 6.61 Å². The molecule has 25 heavy (non-hydrogen) atoms. The number of nitrogens with zero attached hydrogens (tertiary/aromatic N) is 1. The number of aliphatic hydroxyl groups is 1. The van der Waals surface area contributed by atoms with Gasteiger partial charge in [-0.05, 0) is 29.9 Å². The third-order valence-electron chi connectivity index (χ3n) is 4.77. The minimum absolute atomic E-state index is 0.210. The van der Waals surface area contributed by atoms with Crippen LogP contribution in [0.5, 0.6) is 0 Å². The van der Waals surface area contributed by atoms with E-state index in [1.54, 1.807) is 0 Å². The highest BCUT2D eigenvalue weighted by molar-refractivity contribution is 5.17. The molecule has 2 aromatic carbocycles. The molecule has 0 aliphatic heterocycles. The van der Waals surface area contributed by atoms with Crippen LogP contribution in [0.25, 0.3) is 0 Å². The lowest BCUT2D eigenvalue weighted by atomic mass is 9.90. The molecular formula is C23H31NO. The lowest BCUT2D eigenvalue weighted by Crippen LogP contribution is -2.39. The Hall–Kier alpha value is -1.90. The molecule has 1 N–H and O–H groups in total. The van der Waals surface area contributed by atoms with Crippen molar-refractivity contribution in [1.29, 1.82) is 0 Å².